The van der Waals surface area contributed by atoms with Crippen LogP contribution in [0.2, 0.25) is 0 Å². The van der Waals surface area contributed by atoms with E-state index in [4.69, 9.17) is 4.74 Å². The van der Waals surface area contributed by atoms with Gasteiger partial charge in [-0.1, -0.05) is 64.5 Å². The molecule has 0 saturated carbocycles. The molecule has 0 radical (unpaired) electrons. The first-order chi connectivity index (χ1) is 16.4. The van der Waals surface area contributed by atoms with Gasteiger partial charge in [0, 0.05) is 10.0 Å². The quantitative estimate of drug-likeness (QED) is 0.123. The van der Waals surface area contributed by atoms with Gasteiger partial charge in [-0.25, -0.2) is 14.6 Å². The van der Waals surface area contributed by atoms with Gasteiger partial charge in [0.1, 0.15) is 5.82 Å². The highest BCUT2D eigenvalue weighted by atomic mass is 79.9. The second kappa shape index (κ2) is 10.7. The molecule has 0 aromatic heterocycles. The summed E-state index contributed by atoms with van der Waals surface area (Å²) in [5.74, 6) is -1.37. The molecule has 170 valence electrons. The lowest BCUT2D eigenvalue weighted by atomic mass is 10.0. The summed E-state index contributed by atoms with van der Waals surface area (Å²) in [6.07, 6.45) is 1.53. The highest BCUT2D eigenvalue weighted by Crippen LogP contribution is 2.32. The molecule has 1 N–H and O–H groups in total. The van der Waals surface area contributed by atoms with Crippen molar-refractivity contribution in [1.29, 1.82) is 0 Å². The highest BCUT2D eigenvalue weighted by molar-refractivity contribution is 9.11. The number of ether oxygens (including phenoxy) is 1. The van der Waals surface area contributed by atoms with Crippen molar-refractivity contribution in [3.8, 4) is 5.75 Å². The highest BCUT2D eigenvalue weighted by Gasteiger charge is 2.16. The summed E-state index contributed by atoms with van der Waals surface area (Å²) >= 11 is 6.76. The van der Waals surface area contributed by atoms with Crippen molar-refractivity contribution in [2.75, 3.05) is 0 Å². The molecule has 0 bridgehead atoms. The van der Waals surface area contributed by atoms with Gasteiger partial charge in [0.2, 0.25) is 5.91 Å². The van der Waals surface area contributed by atoms with E-state index in [9.17, 15) is 14.0 Å². The van der Waals surface area contributed by atoms with E-state index < -0.39 is 11.8 Å². The number of hydrazone groups is 1. The summed E-state index contributed by atoms with van der Waals surface area (Å²) in [5.41, 5.74) is 3.90. The molecule has 0 fully saturated rings. The predicted octanol–water partition coefficient (Wildman–Crippen LogP) is 6.42. The van der Waals surface area contributed by atoms with Crippen molar-refractivity contribution in [3.63, 3.8) is 0 Å². The van der Waals surface area contributed by atoms with E-state index in [0.717, 1.165) is 22.4 Å². The van der Waals surface area contributed by atoms with Crippen molar-refractivity contribution < 1.29 is 18.7 Å². The maximum atomic E-state index is 13.5. The van der Waals surface area contributed by atoms with Gasteiger partial charge in [-0.3, -0.25) is 4.79 Å². The zero-order valence-corrected chi connectivity index (χ0v) is 20.8. The first-order valence-corrected chi connectivity index (χ1v) is 11.7. The first kappa shape index (κ1) is 23.8. The van der Waals surface area contributed by atoms with E-state index in [-0.39, 0.29) is 23.6 Å². The number of halogens is 3. The largest absolute Gasteiger partial charge is 0.421 e. The number of carbonyl (C=O) groups excluding carboxylic acids is 2. The molecule has 1 amide bonds. The monoisotopic (exact) mass is 582 g/mol. The molecule has 4 aromatic carbocycles. The van der Waals surface area contributed by atoms with Crippen LogP contribution >= 0.6 is 31.9 Å². The minimum Gasteiger partial charge on any atom is -0.421 e. The molecule has 0 atom stereocenters. The lowest BCUT2D eigenvalue weighted by Gasteiger charge is -2.11. The molecular formula is C26H17Br2FN2O3. The molecule has 0 heterocycles. The van der Waals surface area contributed by atoms with Gasteiger partial charge in [-0.05, 0) is 62.6 Å². The summed E-state index contributed by atoms with van der Waals surface area (Å²) in [5, 5.41) is 6.10. The number of hydrogen-bond donors (Lipinski definition) is 1. The molecule has 8 heteroatoms. The molecule has 0 unspecified atom stereocenters. The van der Waals surface area contributed by atoms with E-state index in [1.807, 2.05) is 42.5 Å². The van der Waals surface area contributed by atoms with Crippen LogP contribution in [0.25, 0.3) is 10.8 Å². The number of hydrogen-bond acceptors (Lipinski definition) is 4. The van der Waals surface area contributed by atoms with Gasteiger partial charge >= 0.3 is 5.97 Å². The third-order valence-corrected chi connectivity index (χ3v) is 5.96. The number of esters is 1. The normalized spacial score (nSPS) is 11.0. The van der Waals surface area contributed by atoms with E-state index >= 15 is 0 Å². The van der Waals surface area contributed by atoms with Crippen LogP contribution in [0.5, 0.6) is 5.75 Å². The van der Waals surface area contributed by atoms with Crippen molar-refractivity contribution in [2.45, 2.75) is 6.42 Å². The standard InChI is InChI=1S/C26H17Br2FN2O3/c27-20-11-19(25(23(28)14-20)34-26(33)18-8-4-9-21(29)12-18)15-30-31-24(32)13-17-7-3-6-16-5-1-2-10-22(16)17/h1-12,14-15H,13H2,(H,31,32)/b30-15-. The van der Waals surface area contributed by atoms with Crippen LogP contribution in [0.15, 0.2) is 92.9 Å². The Kier molecular flexibility index (Phi) is 7.49. The number of benzene rings is 4. The number of nitrogens with one attached hydrogen (secondary N) is 1. The Labute approximate surface area is 211 Å². The summed E-state index contributed by atoms with van der Waals surface area (Å²) in [4.78, 5) is 25.0. The minimum absolute atomic E-state index is 0.0705. The molecule has 0 saturated heterocycles. The van der Waals surface area contributed by atoms with Gasteiger partial charge in [0.05, 0.1) is 22.7 Å². The van der Waals surface area contributed by atoms with E-state index in [1.165, 1.54) is 24.4 Å². The van der Waals surface area contributed by atoms with Gasteiger partial charge in [0.25, 0.3) is 0 Å². The minimum atomic E-state index is -0.725. The predicted molar refractivity (Wildman–Crippen MR) is 137 cm³/mol. The molecule has 5 nitrogen and oxygen atoms in total. The fourth-order valence-electron chi connectivity index (χ4n) is 3.38. The average molecular weight is 584 g/mol. The molecule has 0 aliphatic rings. The van der Waals surface area contributed by atoms with Crippen LogP contribution in [-0.4, -0.2) is 18.1 Å². The second-order valence-corrected chi connectivity index (χ2v) is 9.08. The number of fused-ring (bicyclic) bond motifs is 1. The summed E-state index contributed by atoms with van der Waals surface area (Å²) in [6.45, 7) is 0. The van der Waals surface area contributed by atoms with Crippen LogP contribution in [0.3, 0.4) is 0 Å². The van der Waals surface area contributed by atoms with E-state index in [2.05, 4.69) is 42.4 Å². The maximum Gasteiger partial charge on any atom is 0.343 e. The summed E-state index contributed by atoms with van der Waals surface area (Å²) < 4.78 is 20.2. The lowest BCUT2D eigenvalue weighted by molar-refractivity contribution is -0.120. The van der Waals surface area contributed by atoms with Crippen LogP contribution in [-0.2, 0) is 11.2 Å². The van der Waals surface area contributed by atoms with Crippen molar-refractivity contribution >= 4 is 60.7 Å². The molecule has 34 heavy (non-hydrogen) atoms. The Morgan fingerprint density at radius 1 is 0.971 bits per heavy atom. The summed E-state index contributed by atoms with van der Waals surface area (Å²) in [6, 6.07) is 22.2. The molecule has 4 aromatic rings. The van der Waals surface area contributed by atoms with Gasteiger partial charge in [-0.2, -0.15) is 5.10 Å². The zero-order chi connectivity index (χ0) is 24.1. The number of amides is 1. The fraction of sp³-hybridized carbons (Fsp3) is 0.0385. The van der Waals surface area contributed by atoms with E-state index in [0.29, 0.717) is 14.5 Å². The van der Waals surface area contributed by atoms with Crippen molar-refractivity contribution in [1.82, 2.24) is 5.43 Å². The molecular weight excluding hydrogens is 567 g/mol. The number of carbonyl (C=O) groups is 2. The third kappa shape index (κ3) is 5.76. The third-order valence-electron chi connectivity index (χ3n) is 4.92. The second-order valence-electron chi connectivity index (χ2n) is 7.31. The smallest absolute Gasteiger partial charge is 0.343 e. The first-order valence-electron chi connectivity index (χ1n) is 10.2. The average Bonchev–Trinajstić information content (AvgIpc) is 2.81. The Morgan fingerprint density at radius 3 is 2.56 bits per heavy atom. The van der Waals surface area contributed by atoms with Crippen LogP contribution < -0.4 is 10.2 Å². The Hall–Kier alpha value is -3.36. The Morgan fingerprint density at radius 2 is 1.74 bits per heavy atom. The number of nitrogens with zero attached hydrogens (tertiary/aromatic N) is 1. The number of rotatable bonds is 6. The van der Waals surface area contributed by atoms with Crippen molar-refractivity contribution in [3.05, 3.63) is 110 Å². The van der Waals surface area contributed by atoms with E-state index in [1.54, 1.807) is 12.1 Å². The van der Waals surface area contributed by atoms with Crippen LogP contribution in [0, 0.1) is 5.82 Å². The maximum absolute atomic E-state index is 13.5. The van der Waals surface area contributed by atoms with Gasteiger partial charge in [0.15, 0.2) is 5.75 Å². The molecule has 4 rings (SSSR count). The summed E-state index contributed by atoms with van der Waals surface area (Å²) in [7, 11) is 0. The van der Waals surface area contributed by atoms with Crippen molar-refractivity contribution in [2.24, 2.45) is 5.10 Å². The Bertz CT molecular complexity index is 1420. The fourth-order valence-corrected chi connectivity index (χ4v) is 4.72. The SMILES string of the molecule is O=C(Cc1cccc2ccccc12)N/N=C\c1cc(Br)cc(Br)c1OC(=O)c1cccc(F)c1. The molecule has 0 aliphatic carbocycles. The van der Waals surface area contributed by atoms with Crippen LogP contribution in [0.4, 0.5) is 4.39 Å². The lowest BCUT2D eigenvalue weighted by Crippen LogP contribution is -2.20. The topological polar surface area (TPSA) is 67.8 Å². The molecule has 0 aliphatic heterocycles. The zero-order valence-electron chi connectivity index (χ0n) is 17.6. The Balaban J connectivity index is 1.50. The van der Waals surface area contributed by atoms with Gasteiger partial charge < -0.3 is 4.74 Å². The molecule has 0 spiro atoms. The van der Waals surface area contributed by atoms with Crippen LogP contribution in [0.1, 0.15) is 21.5 Å². The van der Waals surface area contributed by atoms with Gasteiger partial charge in [-0.15, -0.1) is 0 Å².